The molecule has 0 saturated carbocycles. The molecule has 0 bridgehead atoms. The van der Waals surface area contributed by atoms with E-state index in [4.69, 9.17) is 0 Å². The van der Waals surface area contributed by atoms with Crippen molar-refractivity contribution in [3.8, 4) is 0 Å². The SMILES string of the molecule is C=[CH][Sb]([Br])([CH]=C)([CH]=C)[CH]=C. The Morgan fingerprint density at radius 3 is 1.00 bits per heavy atom. The molecule has 0 spiro atoms. The van der Waals surface area contributed by atoms with Gasteiger partial charge in [0.2, 0.25) is 0 Å². The standard InChI is InChI=1S/4C2H3.BrH.Sb/c4*1-2;;/h4*1H,2H2;1H;/q;;;;;+1/p-1. The Morgan fingerprint density at radius 2 is 1.00 bits per heavy atom. The van der Waals surface area contributed by atoms with Crippen molar-refractivity contribution in [2.75, 3.05) is 0 Å². The van der Waals surface area contributed by atoms with Crippen molar-refractivity contribution < 1.29 is 0 Å². The summed E-state index contributed by atoms with van der Waals surface area (Å²) in [6.45, 7) is 15.0. The van der Waals surface area contributed by atoms with Gasteiger partial charge in [-0.3, -0.25) is 0 Å². The summed E-state index contributed by atoms with van der Waals surface area (Å²) in [7, 11) is 0. The molecule has 0 aliphatic rings. The maximum absolute atomic E-state index is 3.75. The zero-order valence-electron chi connectivity index (χ0n) is 5.96. The molecule has 10 heavy (non-hydrogen) atoms. The third-order valence-corrected chi connectivity index (χ3v) is 18.1. The fraction of sp³-hybridized carbons (Fsp3) is 0. The van der Waals surface area contributed by atoms with Crippen LogP contribution in [0.4, 0.5) is 0 Å². The minimum atomic E-state index is -3.05. The van der Waals surface area contributed by atoms with Crippen molar-refractivity contribution in [1.29, 1.82) is 0 Å². The Morgan fingerprint density at radius 1 is 0.800 bits per heavy atom. The van der Waals surface area contributed by atoms with Crippen molar-refractivity contribution in [1.82, 2.24) is 0 Å². The van der Waals surface area contributed by atoms with E-state index in [1.807, 2.05) is 16.1 Å². The normalized spacial score (nSPS) is 14.3. The number of hydrogen-bond acceptors (Lipinski definition) is 0. The predicted molar refractivity (Wildman–Crippen MR) is 55.5 cm³/mol. The van der Waals surface area contributed by atoms with Gasteiger partial charge in [0.15, 0.2) is 0 Å². The van der Waals surface area contributed by atoms with Gasteiger partial charge in [-0.25, -0.2) is 0 Å². The first-order chi connectivity index (χ1) is 4.54. The van der Waals surface area contributed by atoms with E-state index in [1.165, 1.54) is 0 Å². The van der Waals surface area contributed by atoms with Crippen LogP contribution in [0.1, 0.15) is 0 Å². The van der Waals surface area contributed by atoms with Crippen LogP contribution < -0.4 is 0 Å². The maximum atomic E-state index is 3.75. The molecular formula is C8H12BrSb. The number of rotatable bonds is 4. The second-order valence-corrected chi connectivity index (χ2v) is 24.5. The van der Waals surface area contributed by atoms with Crippen LogP contribution in [-0.2, 0) is 0 Å². The van der Waals surface area contributed by atoms with Gasteiger partial charge in [0, 0.05) is 0 Å². The summed E-state index contributed by atoms with van der Waals surface area (Å²) >= 11 is 0.567. The quantitative estimate of drug-likeness (QED) is 0.700. The molecule has 0 unspecified atom stereocenters. The van der Waals surface area contributed by atoms with Gasteiger partial charge in [-0.05, 0) is 0 Å². The van der Waals surface area contributed by atoms with E-state index in [-0.39, 0.29) is 0 Å². The van der Waals surface area contributed by atoms with E-state index in [1.54, 1.807) is 0 Å². The van der Waals surface area contributed by atoms with E-state index in [0.717, 1.165) is 0 Å². The summed E-state index contributed by atoms with van der Waals surface area (Å²) in [5.41, 5.74) is 0. The first-order valence-corrected chi connectivity index (χ1v) is 14.5. The number of hydrogen-bond donors (Lipinski definition) is 0. The molecule has 0 amide bonds. The summed E-state index contributed by atoms with van der Waals surface area (Å²) in [4.78, 5) is 0. The molecule has 0 nitrogen and oxygen atoms in total. The van der Waals surface area contributed by atoms with Gasteiger partial charge in [0.1, 0.15) is 0 Å². The molecule has 0 aromatic carbocycles. The third-order valence-electron chi connectivity index (χ3n) is 1.54. The molecule has 0 aliphatic carbocycles. The first kappa shape index (κ1) is 10.3. The molecule has 0 saturated heterocycles. The Balaban J connectivity index is 5.16. The van der Waals surface area contributed by atoms with E-state index >= 15 is 0 Å². The fourth-order valence-corrected chi connectivity index (χ4v) is 3.00. The third kappa shape index (κ3) is 1.65. The van der Waals surface area contributed by atoms with Crippen LogP contribution in [0, 0.1) is 0 Å². The van der Waals surface area contributed by atoms with Crippen molar-refractivity contribution in [2.24, 2.45) is 0 Å². The Labute approximate surface area is 69.7 Å². The molecular weight excluding hydrogens is 298 g/mol. The van der Waals surface area contributed by atoms with Gasteiger partial charge in [0.05, 0.1) is 0 Å². The molecule has 0 aromatic rings. The summed E-state index contributed by atoms with van der Waals surface area (Å²) in [5.74, 6) is 0. The van der Waals surface area contributed by atoms with E-state index in [0.29, 0.717) is 0 Å². The van der Waals surface area contributed by atoms with Crippen LogP contribution in [0.3, 0.4) is 0 Å². The van der Waals surface area contributed by atoms with Gasteiger partial charge >= 0.3 is 70.1 Å². The van der Waals surface area contributed by atoms with Crippen molar-refractivity contribution >= 4 is 27.7 Å². The van der Waals surface area contributed by atoms with Gasteiger partial charge in [-0.2, -0.15) is 0 Å². The number of halogens is 1. The first-order valence-electron chi connectivity index (χ1n) is 2.83. The average Bonchev–Trinajstić information content (AvgIpc) is 2.04. The molecule has 0 N–H and O–H groups in total. The monoisotopic (exact) mass is 308 g/mol. The molecule has 0 heterocycles. The van der Waals surface area contributed by atoms with Crippen LogP contribution in [0.15, 0.2) is 42.4 Å². The fourth-order valence-electron chi connectivity index (χ4n) is 0.447. The second kappa shape index (κ2) is 3.11. The van der Waals surface area contributed by atoms with Gasteiger partial charge < -0.3 is 0 Å². The predicted octanol–water partition coefficient (Wildman–Crippen LogP) is 3.18. The van der Waals surface area contributed by atoms with Gasteiger partial charge in [-0.15, -0.1) is 0 Å². The molecule has 0 aromatic heterocycles. The Kier molecular flexibility index (Phi) is 3.19. The molecule has 0 fully saturated rings. The summed E-state index contributed by atoms with van der Waals surface area (Å²) < 4.78 is 7.56. The van der Waals surface area contributed by atoms with Crippen molar-refractivity contribution in [3.63, 3.8) is 0 Å². The van der Waals surface area contributed by atoms with E-state index in [9.17, 15) is 0 Å². The van der Waals surface area contributed by atoms with Crippen molar-refractivity contribution in [2.45, 2.75) is 0 Å². The van der Waals surface area contributed by atoms with Crippen LogP contribution >= 0.6 is 12.6 Å². The molecule has 0 radical (unpaired) electrons. The molecule has 56 valence electrons. The molecule has 0 rings (SSSR count). The summed E-state index contributed by atoms with van der Waals surface area (Å²) in [6.07, 6.45) is 0. The van der Waals surface area contributed by atoms with Crippen LogP contribution in [0.2, 0.25) is 0 Å². The summed E-state index contributed by atoms with van der Waals surface area (Å²) in [6, 6.07) is 0. The zero-order chi connectivity index (χ0) is 8.28. The summed E-state index contributed by atoms with van der Waals surface area (Å²) in [5, 5.41) is 0. The van der Waals surface area contributed by atoms with E-state index < -0.39 is 15.1 Å². The van der Waals surface area contributed by atoms with Gasteiger partial charge in [0.25, 0.3) is 0 Å². The minimum absolute atomic E-state index is 1.89. The molecule has 0 atom stereocenters. The second-order valence-electron chi connectivity index (χ2n) is 2.02. The zero-order valence-corrected chi connectivity index (χ0v) is 10.1. The average molecular weight is 310 g/mol. The topological polar surface area (TPSA) is 0 Å². The van der Waals surface area contributed by atoms with Gasteiger partial charge in [-0.1, -0.05) is 0 Å². The molecule has 0 aliphatic heterocycles. The Hall–Kier alpha value is 0.258. The van der Waals surface area contributed by atoms with Crippen LogP contribution in [0.25, 0.3) is 0 Å². The van der Waals surface area contributed by atoms with Crippen LogP contribution in [-0.4, -0.2) is 15.1 Å². The van der Waals surface area contributed by atoms with Crippen LogP contribution in [0.5, 0.6) is 0 Å². The Bertz CT molecular complexity index is 150. The molecule has 2 heteroatoms. The van der Waals surface area contributed by atoms with Crippen molar-refractivity contribution in [3.05, 3.63) is 42.4 Å². The van der Waals surface area contributed by atoms with E-state index in [2.05, 4.69) is 38.9 Å².